The summed E-state index contributed by atoms with van der Waals surface area (Å²) >= 11 is 0. The number of aliphatic hydroxyl groups is 6. The molecule has 15 heteroatoms. The van der Waals surface area contributed by atoms with Crippen molar-refractivity contribution in [2.75, 3.05) is 13.7 Å². The molecule has 0 radical (unpaired) electrons. The molecular formula is C28H32O15. The molecule has 15 nitrogen and oxygen atoms in total. The quantitative estimate of drug-likeness (QED) is 0.159. The van der Waals surface area contributed by atoms with Gasteiger partial charge in [-0.2, -0.15) is 0 Å². The fraction of sp³-hybridized carbons (Fsp3) is 0.464. The first-order valence-electron chi connectivity index (χ1n) is 13.3. The summed E-state index contributed by atoms with van der Waals surface area (Å²) in [6.45, 7) is 0.953. The summed E-state index contributed by atoms with van der Waals surface area (Å²) in [5.41, 5.74) is -0.381. The van der Waals surface area contributed by atoms with Crippen LogP contribution in [0.25, 0.3) is 22.3 Å². The molecule has 43 heavy (non-hydrogen) atoms. The zero-order valence-electron chi connectivity index (χ0n) is 22.9. The number of hydrogen-bond donors (Lipinski definition) is 8. The summed E-state index contributed by atoms with van der Waals surface area (Å²) in [6, 6.07) is 7.78. The van der Waals surface area contributed by atoms with Crippen molar-refractivity contribution in [3.05, 3.63) is 46.6 Å². The van der Waals surface area contributed by atoms with Crippen molar-refractivity contribution in [1.29, 1.82) is 0 Å². The first-order chi connectivity index (χ1) is 20.4. The maximum Gasteiger partial charge on any atom is 0.229 e. The summed E-state index contributed by atoms with van der Waals surface area (Å²) < 4.78 is 32.9. The highest BCUT2D eigenvalue weighted by atomic mass is 16.7. The molecule has 1 aromatic heterocycles. The van der Waals surface area contributed by atoms with Crippen LogP contribution in [-0.2, 0) is 14.2 Å². The molecule has 2 fully saturated rings. The Labute approximate surface area is 243 Å². The third-order valence-electron chi connectivity index (χ3n) is 7.40. The highest BCUT2D eigenvalue weighted by Crippen LogP contribution is 2.35. The van der Waals surface area contributed by atoms with Crippen molar-refractivity contribution in [2.24, 2.45) is 0 Å². The molecule has 2 saturated heterocycles. The SMILES string of the molecule is COc1ccc(-c2cc(=O)c3c(O)cc(O[C@@H]4O[C@H](CO[C@@H]5O[C@@H](C)[C@H](O)[C@H](O)[C@@H]5O)[C@@H](O)[C@@H](O)[C@@H]4O)cc3o2)cc1O. The van der Waals surface area contributed by atoms with Crippen LogP contribution in [0.3, 0.4) is 0 Å². The molecule has 0 spiro atoms. The average Bonchev–Trinajstić information content (AvgIpc) is 2.97. The van der Waals surface area contributed by atoms with E-state index < -0.39 is 79.2 Å². The molecule has 0 bridgehead atoms. The Balaban J connectivity index is 1.36. The number of ether oxygens (including phenoxy) is 5. The summed E-state index contributed by atoms with van der Waals surface area (Å²) in [4.78, 5) is 12.8. The molecule has 3 aromatic rings. The van der Waals surface area contributed by atoms with Gasteiger partial charge in [-0.1, -0.05) is 0 Å². The second-order valence-electron chi connectivity index (χ2n) is 10.3. The Hall–Kier alpha value is -3.51. The van der Waals surface area contributed by atoms with Crippen LogP contribution >= 0.6 is 0 Å². The van der Waals surface area contributed by atoms with E-state index >= 15 is 0 Å². The van der Waals surface area contributed by atoms with Crippen LogP contribution in [0.1, 0.15) is 6.92 Å². The summed E-state index contributed by atoms with van der Waals surface area (Å²) in [7, 11) is 1.38. The molecule has 2 aliphatic rings. The number of benzene rings is 2. The third-order valence-corrected chi connectivity index (χ3v) is 7.40. The average molecular weight is 609 g/mol. The first kappa shape index (κ1) is 30.9. The van der Waals surface area contributed by atoms with Gasteiger partial charge in [0, 0.05) is 23.8 Å². The molecule has 3 heterocycles. The molecule has 5 rings (SSSR count). The van der Waals surface area contributed by atoms with Gasteiger partial charge in [-0.15, -0.1) is 0 Å². The molecule has 0 saturated carbocycles. The lowest BCUT2D eigenvalue weighted by atomic mass is 9.98. The van der Waals surface area contributed by atoms with E-state index in [1.165, 1.54) is 32.2 Å². The first-order valence-corrected chi connectivity index (χ1v) is 13.3. The van der Waals surface area contributed by atoms with Gasteiger partial charge >= 0.3 is 0 Å². The standard InChI is InChI=1S/C28H32O15/c1-10-21(32)23(34)25(36)27(40-10)39-9-19-22(33)24(35)26(37)28(43-19)41-12-6-14(30)20-15(31)8-17(42-18(20)7-12)11-3-4-16(38-2)13(29)5-11/h3-8,10,19,21-30,32-37H,9H2,1-2H3/t10-,19+,21-,22+,23-,24+,25-,26-,27+,28+/m0/s1. The lowest BCUT2D eigenvalue weighted by Crippen LogP contribution is -2.61. The smallest absolute Gasteiger partial charge is 0.229 e. The molecule has 2 aromatic carbocycles. The largest absolute Gasteiger partial charge is 0.507 e. The number of aliphatic hydroxyl groups excluding tert-OH is 6. The van der Waals surface area contributed by atoms with Crippen molar-refractivity contribution >= 4 is 11.0 Å². The molecule has 0 amide bonds. The molecule has 2 aliphatic heterocycles. The Morgan fingerprint density at radius 1 is 0.791 bits per heavy atom. The number of hydrogen-bond acceptors (Lipinski definition) is 15. The maximum atomic E-state index is 12.8. The van der Waals surface area contributed by atoms with Crippen molar-refractivity contribution in [3.8, 4) is 34.3 Å². The van der Waals surface area contributed by atoms with Crippen LogP contribution in [-0.4, -0.2) is 116 Å². The highest BCUT2D eigenvalue weighted by Gasteiger charge is 2.47. The molecule has 0 aliphatic carbocycles. The molecule has 0 unspecified atom stereocenters. The number of aromatic hydroxyl groups is 2. The number of fused-ring (bicyclic) bond motifs is 1. The Morgan fingerprint density at radius 3 is 2.19 bits per heavy atom. The zero-order chi connectivity index (χ0) is 31.2. The zero-order valence-corrected chi connectivity index (χ0v) is 22.9. The van der Waals surface area contributed by atoms with Gasteiger partial charge in [-0.05, 0) is 25.1 Å². The summed E-state index contributed by atoms with van der Waals surface area (Å²) in [5, 5.41) is 82.0. The van der Waals surface area contributed by atoms with E-state index in [1.807, 2.05) is 0 Å². The van der Waals surface area contributed by atoms with Crippen molar-refractivity contribution in [1.82, 2.24) is 0 Å². The van der Waals surface area contributed by atoms with E-state index in [2.05, 4.69) is 0 Å². The fourth-order valence-electron chi connectivity index (χ4n) is 4.92. The van der Waals surface area contributed by atoms with Crippen LogP contribution in [0, 0.1) is 0 Å². The van der Waals surface area contributed by atoms with Gasteiger partial charge in [0.1, 0.15) is 71.0 Å². The minimum atomic E-state index is -1.78. The van der Waals surface area contributed by atoms with Crippen LogP contribution in [0.5, 0.6) is 23.0 Å². The van der Waals surface area contributed by atoms with Crippen LogP contribution in [0.2, 0.25) is 0 Å². The predicted octanol–water partition coefficient (Wildman–Crippen LogP) is -1.09. The van der Waals surface area contributed by atoms with Gasteiger partial charge in [-0.25, -0.2) is 0 Å². The Morgan fingerprint density at radius 2 is 1.49 bits per heavy atom. The molecular weight excluding hydrogens is 576 g/mol. The molecule has 234 valence electrons. The maximum absolute atomic E-state index is 12.8. The van der Waals surface area contributed by atoms with Gasteiger partial charge in [0.15, 0.2) is 23.2 Å². The van der Waals surface area contributed by atoms with Gasteiger partial charge in [-0.3, -0.25) is 4.79 Å². The fourth-order valence-corrected chi connectivity index (χ4v) is 4.92. The number of methoxy groups -OCH3 is 1. The topological polar surface area (TPSA) is 238 Å². The van der Waals surface area contributed by atoms with E-state index in [9.17, 15) is 45.6 Å². The van der Waals surface area contributed by atoms with Crippen molar-refractivity contribution < 1.29 is 69.0 Å². The van der Waals surface area contributed by atoms with Crippen molar-refractivity contribution in [2.45, 2.75) is 68.3 Å². The summed E-state index contributed by atoms with van der Waals surface area (Å²) in [5.74, 6) is -0.605. The Bertz CT molecular complexity index is 1510. The minimum Gasteiger partial charge on any atom is -0.507 e. The second kappa shape index (κ2) is 12.2. The highest BCUT2D eigenvalue weighted by molar-refractivity contribution is 5.86. The molecule has 10 atom stereocenters. The Kier molecular flexibility index (Phi) is 8.80. The van der Waals surface area contributed by atoms with Crippen LogP contribution in [0.4, 0.5) is 0 Å². The van der Waals surface area contributed by atoms with Crippen LogP contribution in [0.15, 0.2) is 45.6 Å². The van der Waals surface area contributed by atoms with Crippen molar-refractivity contribution in [3.63, 3.8) is 0 Å². The van der Waals surface area contributed by atoms with E-state index in [-0.39, 0.29) is 34.0 Å². The number of rotatable bonds is 7. The van der Waals surface area contributed by atoms with Gasteiger partial charge in [0.2, 0.25) is 6.29 Å². The number of phenols is 2. The van der Waals surface area contributed by atoms with E-state index in [4.69, 9.17) is 28.1 Å². The molecule has 8 N–H and O–H groups in total. The van der Waals surface area contributed by atoms with E-state index in [0.29, 0.717) is 5.56 Å². The second-order valence-corrected chi connectivity index (χ2v) is 10.3. The number of phenolic OH excluding ortho intramolecular Hbond substituents is 2. The third kappa shape index (κ3) is 5.99. The van der Waals surface area contributed by atoms with Gasteiger partial charge < -0.3 is 69.0 Å². The van der Waals surface area contributed by atoms with Crippen LogP contribution < -0.4 is 14.9 Å². The lowest BCUT2D eigenvalue weighted by Gasteiger charge is -2.42. The monoisotopic (exact) mass is 608 g/mol. The lowest BCUT2D eigenvalue weighted by molar-refractivity contribution is -0.318. The minimum absolute atomic E-state index is 0.0517. The predicted molar refractivity (Wildman–Crippen MR) is 143 cm³/mol. The van der Waals surface area contributed by atoms with E-state index in [1.54, 1.807) is 6.07 Å². The van der Waals surface area contributed by atoms with Gasteiger partial charge in [0.25, 0.3) is 0 Å². The normalized spacial score (nSPS) is 32.9. The van der Waals surface area contributed by atoms with Gasteiger partial charge in [0.05, 0.1) is 19.8 Å². The van der Waals surface area contributed by atoms with E-state index in [0.717, 1.165) is 12.1 Å². The summed E-state index contributed by atoms with van der Waals surface area (Å²) in [6.07, 6.45) is -15.0.